The van der Waals surface area contributed by atoms with Crippen molar-refractivity contribution in [3.8, 4) is 5.75 Å². The van der Waals surface area contributed by atoms with Gasteiger partial charge in [-0.1, -0.05) is 20.3 Å². The number of nitrogens with one attached hydrogen (secondary N) is 1. The number of unbranched alkanes of at least 4 members (excludes halogenated alkanes) is 1. The highest BCUT2D eigenvalue weighted by atomic mass is 32.1. The minimum absolute atomic E-state index is 0.159. The van der Waals surface area contributed by atoms with Crippen LogP contribution in [0.1, 0.15) is 49.9 Å². The van der Waals surface area contributed by atoms with Crippen LogP contribution in [0.15, 0.2) is 24.3 Å². The SMILES string of the molecule is CCCCOc1ccc(C(=O)NC(=S)N2CCC(C)CC2)cc1. The lowest BCUT2D eigenvalue weighted by Crippen LogP contribution is -2.46. The second-order valence-electron chi connectivity index (χ2n) is 6.16. The van der Waals surface area contributed by atoms with E-state index in [1.807, 2.05) is 12.1 Å². The molecule has 1 saturated heterocycles. The van der Waals surface area contributed by atoms with E-state index in [1.165, 1.54) is 0 Å². The van der Waals surface area contributed by atoms with E-state index in [-0.39, 0.29) is 5.91 Å². The monoisotopic (exact) mass is 334 g/mol. The number of thiocarbonyl (C=S) groups is 1. The van der Waals surface area contributed by atoms with E-state index in [1.54, 1.807) is 12.1 Å². The lowest BCUT2D eigenvalue weighted by Gasteiger charge is -2.32. The van der Waals surface area contributed by atoms with Crippen LogP contribution < -0.4 is 10.1 Å². The van der Waals surface area contributed by atoms with Crippen LogP contribution in [0.5, 0.6) is 5.75 Å². The molecule has 126 valence electrons. The molecule has 1 aliphatic rings. The van der Waals surface area contributed by atoms with Crippen LogP contribution in [0.25, 0.3) is 0 Å². The van der Waals surface area contributed by atoms with Crippen LogP contribution in [0.2, 0.25) is 0 Å². The highest BCUT2D eigenvalue weighted by molar-refractivity contribution is 7.80. The molecule has 4 nitrogen and oxygen atoms in total. The first-order valence-corrected chi connectivity index (χ1v) is 8.84. The number of amides is 1. The predicted molar refractivity (Wildman–Crippen MR) is 96.9 cm³/mol. The van der Waals surface area contributed by atoms with Crippen molar-refractivity contribution < 1.29 is 9.53 Å². The lowest BCUT2D eigenvalue weighted by molar-refractivity contribution is 0.0972. The highest BCUT2D eigenvalue weighted by Crippen LogP contribution is 2.16. The van der Waals surface area contributed by atoms with Crippen molar-refractivity contribution in [2.45, 2.75) is 39.5 Å². The normalized spacial score (nSPS) is 15.3. The molecule has 0 atom stereocenters. The Morgan fingerprint density at radius 1 is 1.30 bits per heavy atom. The molecule has 0 saturated carbocycles. The minimum Gasteiger partial charge on any atom is -0.494 e. The Morgan fingerprint density at radius 3 is 2.57 bits per heavy atom. The topological polar surface area (TPSA) is 41.6 Å². The Balaban J connectivity index is 1.84. The quantitative estimate of drug-likeness (QED) is 0.660. The van der Waals surface area contributed by atoms with Crippen molar-refractivity contribution >= 4 is 23.2 Å². The van der Waals surface area contributed by atoms with Crippen LogP contribution in [0.3, 0.4) is 0 Å². The summed E-state index contributed by atoms with van der Waals surface area (Å²) in [6.07, 6.45) is 4.39. The molecule has 0 radical (unpaired) electrons. The largest absolute Gasteiger partial charge is 0.494 e. The fourth-order valence-electron chi connectivity index (χ4n) is 2.50. The number of ether oxygens (including phenoxy) is 1. The van der Waals surface area contributed by atoms with Crippen LogP contribution in [-0.4, -0.2) is 35.6 Å². The van der Waals surface area contributed by atoms with Crippen molar-refractivity contribution in [3.63, 3.8) is 0 Å². The molecule has 0 unspecified atom stereocenters. The first-order chi connectivity index (χ1) is 11.1. The molecule has 0 bridgehead atoms. The third-order valence-electron chi connectivity index (χ3n) is 4.17. The van der Waals surface area contributed by atoms with Crippen molar-refractivity contribution in [2.75, 3.05) is 19.7 Å². The van der Waals surface area contributed by atoms with Gasteiger partial charge in [0.2, 0.25) is 0 Å². The molecular weight excluding hydrogens is 308 g/mol. The van der Waals surface area contributed by atoms with Crippen molar-refractivity contribution in [3.05, 3.63) is 29.8 Å². The van der Waals surface area contributed by atoms with Crippen molar-refractivity contribution in [2.24, 2.45) is 5.92 Å². The van der Waals surface area contributed by atoms with Crippen molar-refractivity contribution in [1.82, 2.24) is 10.2 Å². The molecule has 1 heterocycles. The molecule has 1 aliphatic heterocycles. The van der Waals surface area contributed by atoms with Crippen LogP contribution >= 0.6 is 12.2 Å². The van der Waals surface area contributed by atoms with Gasteiger partial charge in [-0.2, -0.15) is 0 Å². The van der Waals surface area contributed by atoms with Gasteiger partial charge in [0.15, 0.2) is 5.11 Å². The van der Waals surface area contributed by atoms with Gasteiger partial charge in [-0.05, 0) is 61.7 Å². The number of hydrogen-bond acceptors (Lipinski definition) is 3. The predicted octanol–water partition coefficient (Wildman–Crippen LogP) is 3.61. The van der Waals surface area contributed by atoms with Gasteiger partial charge in [-0.25, -0.2) is 0 Å². The molecule has 1 N–H and O–H groups in total. The van der Waals surface area contributed by atoms with E-state index in [0.717, 1.165) is 50.4 Å². The average molecular weight is 334 g/mol. The maximum atomic E-state index is 12.3. The second-order valence-corrected chi connectivity index (χ2v) is 6.54. The van der Waals surface area contributed by atoms with E-state index in [2.05, 4.69) is 24.1 Å². The van der Waals surface area contributed by atoms with E-state index in [0.29, 0.717) is 17.3 Å². The molecule has 2 rings (SSSR count). The second kappa shape index (κ2) is 8.87. The fraction of sp³-hybridized carbons (Fsp3) is 0.556. The molecule has 5 heteroatoms. The zero-order valence-electron chi connectivity index (χ0n) is 14.0. The van der Waals surface area contributed by atoms with Gasteiger partial charge in [-0.15, -0.1) is 0 Å². The zero-order chi connectivity index (χ0) is 16.7. The molecule has 1 aromatic rings. The highest BCUT2D eigenvalue weighted by Gasteiger charge is 2.19. The number of carbonyl (C=O) groups excluding carboxylic acids is 1. The maximum absolute atomic E-state index is 12.3. The average Bonchev–Trinajstić information content (AvgIpc) is 2.56. The number of benzene rings is 1. The van der Waals surface area contributed by atoms with E-state index < -0.39 is 0 Å². The molecule has 0 spiro atoms. The van der Waals surface area contributed by atoms with Crippen LogP contribution in [0, 0.1) is 5.92 Å². The Hall–Kier alpha value is -1.62. The molecule has 1 fully saturated rings. The standard InChI is InChI=1S/C18H26N2O2S/c1-3-4-13-22-16-7-5-15(6-8-16)17(21)19-18(23)20-11-9-14(2)10-12-20/h5-8,14H,3-4,9-13H2,1-2H3,(H,19,21,23). The van der Waals surface area contributed by atoms with E-state index in [9.17, 15) is 4.79 Å². The van der Waals surface area contributed by atoms with E-state index >= 15 is 0 Å². The number of rotatable bonds is 5. The summed E-state index contributed by atoms with van der Waals surface area (Å²) in [4.78, 5) is 14.3. The molecule has 0 aromatic heterocycles. The summed E-state index contributed by atoms with van der Waals surface area (Å²) in [6.45, 7) is 6.93. The number of piperidine rings is 1. The van der Waals surface area contributed by atoms with Gasteiger partial charge in [0, 0.05) is 18.7 Å². The summed E-state index contributed by atoms with van der Waals surface area (Å²) < 4.78 is 5.60. The minimum atomic E-state index is -0.159. The number of hydrogen-bond donors (Lipinski definition) is 1. The first-order valence-electron chi connectivity index (χ1n) is 8.43. The Kier molecular flexibility index (Phi) is 6.84. The third-order valence-corrected chi connectivity index (χ3v) is 4.53. The fourth-order valence-corrected chi connectivity index (χ4v) is 2.77. The summed E-state index contributed by atoms with van der Waals surface area (Å²) in [5, 5.41) is 3.36. The van der Waals surface area contributed by atoms with Crippen LogP contribution in [-0.2, 0) is 0 Å². The van der Waals surface area contributed by atoms with Gasteiger partial charge in [0.1, 0.15) is 5.75 Å². The number of likely N-dealkylation sites (tertiary alicyclic amines) is 1. The summed E-state index contributed by atoms with van der Waals surface area (Å²) in [5.74, 6) is 1.38. The summed E-state index contributed by atoms with van der Waals surface area (Å²) >= 11 is 5.35. The molecule has 0 aliphatic carbocycles. The number of carbonyl (C=O) groups is 1. The van der Waals surface area contributed by atoms with Gasteiger partial charge in [0.25, 0.3) is 5.91 Å². The van der Waals surface area contributed by atoms with Gasteiger partial charge in [0.05, 0.1) is 6.61 Å². The molecule has 23 heavy (non-hydrogen) atoms. The number of nitrogens with zero attached hydrogens (tertiary/aromatic N) is 1. The lowest BCUT2D eigenvalue weighted by atomic mass is 10.00. The summed E-state index contributed by atoms with van der Waals surface area (Å²) in [6, 6.07) is 7.21. The third kappa shape index (κ3) is 5.50. The smallest absolute Gasteiger partial charge is 0.257 e. The Bertz CT molecular complexity index is 522. The maximum Gasteiger partial charge on any atom is 0.257 e. The summed E-state index contributed by atoms with van der Waals surface area (Å²) in [5.41, 5.74) is 0.598. The molecule has 1 aromatic carbocycles. The Labute approximate surface area is 144 Å². The van der Waals surface area contributed by atoms with E-state index in [4.69, 9.17) is 17.0 Å². The van der Waals surface area contributed by atoms with Gasteiger partial charge in [-0.3, -0.25) is 10.1 Å². The van der Waals surface area contributed by atoms with Gasteiger partial charge < -0.3 is 9.64 Å². The van der Waals surface area contributed by atoms with Crippen LogP contribution in [0.4, 0.5) is 0 Å². The van der Waals surface area contributed by atoms with Gasteiger partial charge >= 0.3 is 0 Å². The zero-order valence-corrected chi connectivity index (χ0v) is 14.8. The molecule has 1 amide bonds. The first kappa shape index (κ1) is 17.7. The van der Waals surface area contributed by atoms with Crippen molar-refractivity contribution in [1.29, 1.82) is 0 Å². The summed E-state index contributed by atoms with van der Waals surface area (Å²) in [7, 11) is 0. The molecular formula is C18H26N2O2S. The Morgan fingerprint density at radius 2 is 1.96 bits per heavy atom.